The highest BCUT2D eigenvalue weighted by Gasteiger charge is 2.23. The van der Waals surface area contributed by atoms with Gasteiger partial charge in [-0.1, -0.05) is 48.5 Å². The van der Waals surface area contributed by atoms with Gasteiger partial charge < -0.3 is 20.9 Å². The molecule has 0 unspecified atom stereocenters. The van der Waals surface area contributed by atoms with Gasteiger partial charge in [-0.05, 0) is 87.2 Å². The molecule has 2 aromatic heterocycles. The maximum atomic E-state index is 13.7. The number of carbonyl (C=O) groups excluding carboxylic acids is 2. The lowest BCUT2D eigenvalue weighted by atomic mass is 10.1. The number of nitrogens with one attached hydrogen (secondary N) is 3. The highest BCUT2D eigenvalue weighted by atomic mass is 32.2. The van der Waals surface area contributed by atoms with Crippen LogP contribution >= 0.6 is 0 Å². The Morgan fingerprint density at radius 1 is 0.840 bits per heavy atom. The van der Waals surface area contributed by atoms with Crippen LogP contribution in [0.15, 0.2) is 133 Å². The van der Waals surface area contributed by atoms with E-state index in [0.29, 0.717) is 51.9 Å². The van der Waals surface area contributed by atoms with Crippen LogP contribution in [0.5, 0.6) is 0 Å². The molecule has 4 aromatic carbocycles. The zero-order chi connectivity index (χ0) is 35.3. The maximum absolute atomic E-state index is 13.7. The average molecular weight is 686 g/mol. The Labute approximate surface area is 290 Å². The summed E-state index contributed by atoms with van der Waals surface area (Å²) in [5.74, 6) is -0.270. The fourth-order valence-electron chi connectivity index (χ4n) is 5.28. The molecule has 0 atom stereocenters. The number of fused-ring (bicyclic) bond motifs is 1. The summed E-state index contributed by atoms with van der Waals surface area (Å²) >= 11 is 0. The SMILES string of the molecule is Cc1cnc(Nc2cccc(NC(=O)c3ccc(NC(=O)C=CCN(C)C)cc3)c2)nc1-c1cn(S(=O)(=O)c2ccccc2)c2ccccc12. The molecule has 0 saturated carbocycles. The van der Waals surface area contributed by atoms with Crippen molar-refractivity contribution in [1.82, 2.24) is 18.8 Å². The number of hydrogen-bond donors (Lipinski definition) is 3. The second-order valence-electron chi connectivity index (χ2n) is 11.8. The number of rotatable bonds is 11. The third kappa shape index (κ3) is 7.62. The van der Waals surface area contributed by atoms with Crippen molar-refractivity contribution in [3.8, 4) is 11.3 Å². The Hall–Kier alpha value is -6.11. The van der Waals surface area contributed by atoms with Gasteiger partial charge in [0.05, 0.1) is 16.1 Å². The number of aromatic nitrogens is 3. The van der Waals surface area contributed by atoms with Crippen LogP contribution in [0.25, 0.3) is 22.2 Å². The summed E-state index contributed by atoms with van der Waals surface area (Å²) < 4.78 is 28.6. The first kappa shape index (κ1) is 33.8. The lowest BCUT2D eigenvalue weighted by molar-refractivity contribution is -0.111. The minimum atomic E-state index is -3.87. The highest BCUT2D eigenvalue weighted by Crippen LogP contribution is 2.34. The lowest BCUT2D eigenvalue weighted by Crippen LogP contribution is -2.13. The number of nitrogens with zero attached hydrogens (tertiary/aromatic N) is 4. The van der Waals surface area contributed by atoms with Crippen molar-refractivity contribution in [1.29, 1.82) is 0 Å². The number of aryl methyl sites for hydroxylation is 1. The van der Waals surface area contributed by atoms with Crippen LogP contribution < -0.4 is 16.0 Å². The summed E-state index contributed by atoms with van der Waals surface area (Å²) in [5.41, 5.74) is 4.70. The van der Waals surface area contributed by atoms with E-state index in [1.54, 1.807) is 103 Å². The van der Waals surface area contributed by atoms with Gasteiger partial charge in [0.2, 0.25) is 11.9 Å². The minimum absolute atomic E-state index is 0.186. The summed E-state index contributed by atoms with van der Waals surface area (Å²) in [6, 6.07) is 29.4. The van der Waals surface area contributed by atoms with E-state index < -0.39 is 10.0 Å². The van der Waals surface area contributed by atoms with Crippen molar-refractivity contribution in [2.75, 3.05) is 36.6 Å². The van der Waals surface area contributed by atoms with Gasteiger partial charge in [0, 0.05) is 58.6 Å². The predicted octanol–water partition coefficient (Wildman–Crippen LogP) is 6.70. The van der Waals surface area contributed by atoms with Crippen molar-refractivity contribution in [2.45, 2.75) is 11.8 Å². The monoisotopic (exact) mass is 685 g/mol. The van der Waals surface area contributed by atoms with Gasteiger partial charge in [0.1, 0.15) is 0 Å². The molecule has 0 aliphatic rings. The zero-order valence-corrected chi connectivity index (χ0v) is 28.5. The van der Waals surface area contributed by atoms with Crippen molar-refractivity contribution in [3.05, 3.63) is 139 Å². The van der Waals surface area contributed by atoms with Crippen molar-refractivity contribution in [3.63, 3.8) is 0 Å². The molecule has 6 aromatic rings. The molecule has 11 nitrogen and oxygen atoms in total. The topological polar surface area (TPSA) is 138 Å². The largest absolute Gasteiger partial charge is 0.324 e. The van der Waals surface area contributed by atoms with Gasteiger partial charge in [-0.25, -0.2) is 22.4 Å². The van der Waals surface area contributed by atoms with Crippen LogP contribution in [-0.4, -0.2) is 59.7 Å². The van der Waals surface area contributed by atoms with E-state index in [4.69, 9.17) is 4.98 Å². The summed E-state index contributed by atoms with van der Waals surface area (Å²) in [6.45, 7) is 2.52. The lowest BCUT2D eigenvalue weighted by Gasteiger charge is -2.11. The van der Waals surface area contributed by atoms with Gasteiger partial charge in [-0.15, -0.1) is 0 Å². The molecule has 12 heteroatoms. The molecular weight excluding hydrogens is 651 g/mol. The normalized spacial score (nSPS) is 11.6. The second kappa shape index (κ2) is 14.6. The first-order chi connectivity index (χ1) is 24.1. The maximum Gasteiger partial charge on any atom is 0.268 e. The van der Waals surface area contributed by atoms with Gasteiger partial charge in [0.15, 0.2) is 0 Å². The zero-order valence-electron chi connectivity index (χ0n) is 27.7. The van der Waals surface area contributed by atoms with Gasteiger partial charge in [-0.3, -0.25) is 9.59 Å². The first-order valence-corrected chi connectivity index (χ1v) is 17.2. The molecule has 0 bridgehead atoms. The fraction of sp³-hybridized carbons (Fsp3) is 0.105. The number of anilines is 4. The molecule has 252 valence electrons. The molecule has 50 heavy (non-hydrogen) atoms. The number of para-hydroxylation sites is 1. The van der Waals surface area contributed by atoms with Crippen LogP contribution in [0.2, 0.25) is 0 Å². The number of likely N-dealkylation sites (N-methyl/N-ethyl adjacent to an activating group) is 1. The molecule has 0 fully saturated rings. The highest BCUT2D eigenvalue weighted by molar-refractivity contribution is 7.90. The van der Waals surface area contributed by atoms with Crippen molar-refractivity contribution >= 4 is 55.8 Å². The standard InChI is InChI=1S/C38H35N7O4S/c1-26-24-39-38(43-36(26)33-25-45(34-16-8-7-15-32(33)34)50(48,49)31-13-5-4-6-14-31)42-30-12-9-11-29(23-30)41-37(47)27-18-20-28(21-19-27)40-35(46)17-10-22-44(2)3/h4-21,23-25H,22H2,1-3H3,(H,40,46)(H,41,47)(H,39,42,43). The van der Waals surface area contributed by atoms with E-state index in [-0.39, 0.29) is 16.7 Å². The molecule has 6 rings (SSSR count). The first-order valence-electron chi connectivity index (χ1n) is 15.7. The van der Waals surface area contributed by atoms with Crippen molar-refractivity contribution in [2.24, 2.45) is 0 Å². The van der Waals surface area contributed by atoms with E-state index >= 15 is 0 Å². The molecule has 0 radical (unpaired) electrons. The van der Waals surface area contributed by atoms with Crippen LogP contribution in [0.3, 0.4) is 0 Å². The van der Waals surface area contributed by atoms with E-state index in [1.165, 1.54) is 10.0 Å². The van der Waals surface area contributed by atoms with E-state index in [2.05, 4.69) is 20.9 Å². The molecule has 0 aliphatic heterocycles. The Bertz CT molecular complexity index is 2320. The van der Waals surface area contributed by atoms with Gasteiger partial charge in [-0.2, -0.15) is 0 Å². The fourth-order valence-corrected chi connectivity index (χ4v) is 6.68. The molecular formula is C38H35N7O4S. The molecule has 2 amide bonds. The van der Waals surface area contributed by atoms with E-state index in [0.717, 1.165) is 10.9 Å². The summed E-state index contributed by atoms with van der Waals surface area (Å²) in [7, 11) is -0.0349. The molecule has 0 spiro atoms. The minimum Gasteiger partial charge on any atom is -0.324 e. The Balaban J connectivity index is 1.19. The van der Waals surface area contributed by atoms with Crippen LogP contribution in [0.1, 0.15) is 15.9 Å². The number of amides is 2. The van der Waals surface area contributed by atoms with Crippen LogP contribution in [-0.2, 0) is 14.8 Å². The van der Waals surface area contributed by atoms with Crippen LogP contribution in [0, 0.1) is 6.92 Å². The van der Waals surface area contributed by atoms with Crippen LogP contribution in [0.4, 0.5) is 23.0 Å². The average Bonchev–Trinajstić information content (AvgIpc) is 3.50. The Kier molecular flexibility index (Phi) is 9.84. The molecule has 0 saturated heterocycles. The summed E-state index contributed by atoms with van der Waals surface area (Å²) in [5, 5.41) is 9.61. The second-order valence-corrected chi connectivity index (χ2v) is 13.6. The van der Waals surface area contributed by atoms with Gasteiger partial charge in [0.25, 0.3) is 15.9 Å². The Morgan fingerprint density at radius 2 is 1.56 bits per heavy atom. The molecule has 0 aliphatic carbocycles. The number of carbonyl (C=O) groups is 2. The molecule has 3 N–H and O–H groups in total. The molecule has 2 heterocycles. The summed E-state index contributed by atoms with van der Waals surface area (Å²) in [6.07, 6.45) is 6.53. The third-order valence-electron chi connectivity index (χ3n) is 7.74. The quantitative estimate of drug-likeness (QED) is 0.128. The van der Waals surface area contributed by atoms with E-state index in [9.17, 15) is 18.0 Å². The summed E-state index contributed by atoms with van der Waals surface area (Å²) in [4.78, 5) is 36.5. The van der Waals surface area contributed by atoms with E-state index in [1.807, 2.05) is 44.1 Å². The number of benzene rings is 4. The third-order valence-corrected chi connectivity index (χ3v) is 9.42. The van der Waals surface area contributed by atoms with Crippen molar-refractivity contribution < 1.29 is 18.0 Å². The predicted molar refractivity (Wildman–Crippen MR) is 197 cm³/mol. The number of hydrogen-bond acceptors (Lipinski definition) is 8. The Morgan fingerprint density at radius 3 is 2.32 bits per heavy atom. The smallest absolute Gasteiger partial charge is 0.268 e. The van der Waals surface area contributed by atoms with Gasteiger partial charge >= 0.3 is 0 Å².